The molecule has 0 spiro atoms. The molecule has 0 bridgehead atoms. The quantitative estimate of drug-likeness (QED) is 0.864. The third-order valence-corrected chi connectivity index (χ3v) is 2.84. The number of nitrogens with zero attached hydrogens (tertiary/aromatic N) is 1. The van der Waals surface area contributed by atoms with Crippen molar-refractivity contribution in [2.45, 2.75) is 25.1 Å². The summed E-state index contributed by atoms with van der Waals surface area (Å²) in [4.78, 5) is 3.82. The van der Waals surface area contributed by atoms with Crippen LogP contribution in [0.25, 0.3) is 0 Å². The molecule has 0 radical (unpaired) electrons. The number of rotatable bonds is 5. The molecule has 1 atom stereocenters. The van der Waals surface area contributed by atoms with Gasteiger partial charge in [0, 0.05) is 18.7 Å². The van der Waals surface area contributed by atoms with Gasteiger partial charge in [-0.05, 0) is 25.5 Å². The summed E-state index contributed by atoms with van der Waals surface area (Å²) < 4.78 is 40.4. The molecular formula is C12H16F3N3O. The first-order valence-corrected chi connectivity index (χ1v) is 6.16. The first-order chi connectivity index (χ1) is 9.03. The number of halogens is 3. The van der Waals surface area contributed by atoms with Crippen molar-refractivity contribution in [1.29, 1.82) is 0 Å². The van der Waals surface area contributed by atoms with E-state index in [0.29, 0.717) is 6.04 Å². The van der Waals surface area contributed by atoms with Crippen LogP contribution < -0.4 is 15.4 Å². The number of ether oxygens (including phenoxy) is 1. The van der Waals surface area contributed by atoms with Gasteiger partial charge >= 0.3 is 6.18 Å². The summed E-state index contributed by atoms with van der Waals surface area (Å²) in [5, 5.41) is 6.53. The Morgan fingerprint density at radius 3 is 2.84 bits per heavy atom. The lowest BCUT2D eigenvalue weighted by Crippen LogP contribution is -2.29. The minimum absolute atomic E-state index is 0.0260. The highest BCUT2D eigenvalue weighted by Crippen LogP contribution is 2.18. The maximum atomic E-state index is 11.9. The fourth-order valence-electron chi connectivity index (χ4n) is 1.90. The summed E-state index contributed by atoms with van der Waals surface area (Å²) in [6.07, 6.45) is -0.560. The second kappa shape index (κ2) is 6.10. The molecule has 7 heteroatoms. The molecule has 1 aromatic heterocycles. The van der Waals surface area contributed by atoms with Gasteiger partial charge in [-0.15, -0.1) is 0 Å². The van der Waals surface area contributed by atoms with Gasteiger partial charge in [0.15, 0.2) is 6.61 Å². The minimum atomic E-state index is -4.34. The maximum Gasteiger partial charge on any atom is 0.422 e. The highest BCUT2D eigenvalue weighted by Gasteiger charge is 2.28. The molecule has 2 heterocycles. The van der Waals surface area contributed by atoms with E-state index in [0.717, 1.165) is 25.2 Å². The van der Waals surface area contributed by atoms with Gasteiger partial charge in [-0.2, -0.15) is 13.2 Å². The zero-order chi connectivity index (χ0) is 13.7. The van der Waals surface area contributed by atoms with Crippen LogP contribution in [-0.2, 0) is 0 Å². The van der Waals surface area contributed by atoms with E-state index in [1.807, 2.05) is 0 Å². The van der Waals surface area contributed by atoms with Crippen molar-refractivity contribution in [3.63, 3.8) is 0 Å². The Morgan fingerprint density at radius 2 is 2.26 bits per heavy atom. The van der Waals surface area contributed by atoms with Gasteiger partial charge in [-0.25, -0.2) is 4.98 Å². The van der Waals surface area contributed by atoms with Crippen molar-refractivity contribution in [1.82, 2.24) is 10.3 Å². The summed E-state index contributed by atoms with van der Waals surface area (Å²) in [6.45, 7) is 0.498. The van der Waals surface area contributed by atoms with Crippen LogP contribution in [0.2, 0.25) is 0 Å². The largest absolute Gasteiger partial charge is 0.468 e. The molecule has 1 fully saturated rings. The number of pyridine rings is 1. The van der Waals surface area contributed by atoms with E-state index in [-0.39, 0.29) is 5.88 Å². The molecule has 106 valence electrons. The smallest absolute Gasteiger partial charge is 0.422 e. The maximum absolute atomic E-state index is 11.9. The topological polar surface area (TPSA) is 46.2 Å². The molecular weight excluding hydrogens is 259 g/mol. The Kier molecular flexibility index (Phi) is 4.47. The van der Waals surface area contributed by atoms with E-state index < -0.39 is 12.8 Å². The van der Waals surface area contributed by atoms with Crippen molar-refractivity contribution >= 4 is 5.69 Å². The SMILES string of the molecule is FC(F)(F)COc1ccc(NCC2CCCN2)cn1. The average molecular weight is 275 g/mol. The van der Waals surface area contributed by atoms with Crippen LogP contribution in [0.3, 0.4) is 0 Å². The molecule has 1 aliphatic heterocycles. The van der Waals surface area contributed by atoms with Crippen LogP contribution in [0.4, 0.5) is 18.9 Å². The second-order valence-corrected chi connectivity index (χ2v) is 4.46. The summed E-state index contributed by atoms with van der Waals surface area (Å²) in [5.74, 6) is -0.0260. The van der Waals surface area contributed by atoms with E-state index in [4.69, 9.17) is 0 Å². The normalized spacial score (nSPS) is 19.4. The Labute approximate surface area is 109 Å². The lowest BCUT2D eigenvalue weighted by atomic mass is 10.2. The predicted molar refractivity (Wildman–Crippen MR) is 65.3 cm³/mol. The van der Waals surface area contributed by atoms with E-state index in [1.54, 1.807) is 6.07 Å². The monoisotopic (exact) mass is 275 g/mol. The van der Waals surface area contributed by atoms with Gasteiger partial charge in [0.05, 0.1) is 11.9 Å². The molecule has 0 saturated carbocycles. The van der Waals surface area contributed by atoms with Crippen molar-refractivity contribution in [2.24, 2.45) is 0 Å². The molecule has 0 aromatic carbocycles. The van der Waals surface area contributed by atoms with Crippen molar-refractivity contribution in [2.75, 3.05) is 25.0 Å². The molecule has 1 saturated heterocycles. The van der Waals surface area contributed by atoms with Crippen LogP contribution in [0.15, 0.2) is 18.3 Å². The van der Waals surface area contributed by atoms with Crippen LogP contribution in [0.5, 0.6) is 5.88 Å². The van der Waals surface area contributed by atoms with Crippen LogP contribution in [-0.4, -0.2) is 36.9 Å². The Bertz CT molecular complexity index is 388. The molecule has 1 aliphatic rings. The Morgan fingerprint density at radius 1 is 1.42 bits per heavy atom. The highest BCUT2D eigenvalue weighted by atomic mass is 19.4. The van der Waals surface area contributed by atoms with Gasteiger partial charge in [-0.3, -0.25) is 0 Å². The summed E-state index contributed by atoms with van der Waals surface area (Å²) in [6, 6.07) is 3.53. The molecule has 19 heavy (non-hydrogen) atoms. The molecule has 1 unspecified atom stereocenters. The van der Waals surface area contributed by atoms with Gasteiger partial charge in [-0.1, -0.05) is 0 Å². The Balaban J connectivity index is 1.77. The predicted octanol–water partition coefficient (Wildman–Crippen LogP) is 2.19. The zero-order valence-electron chi connectivity index (χ0n) is 10.3. The Hall–Kier alpha value is -1.50. The summed E-state index contributed by atoms with van der Waals surface area (Å²) in [5.41, 5.74) is 0.771. The number of hydrogen-bond donors (Lipinski definition) is 2. The molecule has 0 amide bonds. The van der Waals surface area contributed by atoms with Gasteiger partial charge < -0.3 is 15.4 Å². The minimum Gasteiger partial charge on any atom is -0.468 e. The van der Waals surface area contributed by atoms with Gasteiger partial charge in [0.2, 0.25) is 5.88 Å². The standard InChI is InChI=1S/C12H16F3N3O/c13-12(14,15)8-19-11-4-3-10(7-18-11)17-6-9-2-1-5-16-9/h3-4,7,9,16-17H,1-2,5-6,8H2. The molecule has 0 aliphatic carbocycles. The van der Waals surface area contributed by atoms with Gasteiger partial charge in [0.25, 0.3) is 0 Å². The first kappa shape index (κ1) is 13.9. The lowest BCUT2D eigenvalue weighted by molar-refractivity contribution is -0.154. The molecule has 2 rings (SSSR count). The molecule has 2 N–H and O–H groups in total. The first-order valence-electron chi connectivity index (χ1n) is 6.16. The molecule has 4 nitrogen and oxygen atoms in total. The summed E-state index contributed by atoms with van der Waals surface area (Å²) in [7, 11) is 0. The van der Waals surface area contributed by atoms with Crippen molar-refractivity contribution in [3.8, 4) is 5.88 Å². The number of anilines is 1. The van der Waals surface area contributed by atoms with E-state index in [1.165, 1.54) is 18.7 Å². The number of alkyl halides is 3. The van der Waals surface area contributed by atoms with Crippen LogP contribution >= 0.6 is 0 Å². The zero-order valence-corrected chi connectivity index (χ0v) is 10.3. The number of aromatic nitrogens is 1. The van der Waals surface area contributed by atoms with Crippen LogP contribution in [0.1, 0.15) is 12.8 Å². The molecule has 1 aromatic rings. The fourth-order valence-corrected chi connectivity index (χ4v) is 1.90. The van der Waals surface area contributed by atoms with E-state index in [9.17, 15) is 13.2 Å². The highest BCUT2D eigenvalue weighted by molar-refractivity contribution is 5.42. The van der Waals surface area contributed by atoms with Crippen molar-refractivity contribution in [3.05, 3.63) is 18.3 Å². The van der Waals surface area contributed by atoms with Crippen molar-refractivity contribution < 1.29 is 17.9 Å². The fraction of sp³-hybridized carbons (Fsp3) is 0.583. The number of hydrogen-bond acceptors (Lipinski definition) is 4. The second-order valence-electron chi connectivity index (χ2n) is 4.46. The third kappa shape index (κ3) is 4.94. The van der Waals surface area contributed by atoms with Crippen LogP contribution in [0, 0.1) is 0 Å². The lowest BCUT2D eigenvalue weighted by Gasteiger charge is -2.13. The van der Waals surface area contributed by atoms with E-state index >= 15 is 0 Å². The van der Waals surface area contributed by atoms with Gasteiger partial charge in [0.1, 0.15) is 0 Å². The third-order valence-electron chi connectivity index (χ3n) is 2.84. The van der Waals surface area contributed by atoms with E-state index in [2.05, 4.69) is 20.4 Å². The summed E-state index contributed by atoms with van der Waals surface area (Å²) >= 11 is 0. The number of nitrogens with one attached hydrogen (secondary N) is 2. The average Bonchev–Trinajstić information content (AvgIpc) is 2.87.